The Kier molecular flexibility index (Phi) is 3.65. The summed E-state index contributed by atoms with van der Waals surface area (Å²) in [4.78, 5) is 13.5. The minimum Gasteiger partial charge on any atom is -0.396 e. The maximum atomic E-state index is 9.92. The van der Waals surface area contributed by atoms with Crippen molar-refractivity contribution in [1.82, 2.24) is 14.9 Å². The first-order valence-corrected chi connectivity index (χ1v) is 7.50. The number of piperidine rings is 2. The molecule has 0 spiro atoms. The van der Waals surface area contributed by atoms with E-state index in [1.807, 2.05) is 19.2 Å². The predicted molar refractivity (Wildman–Crippen MR) is 78.8 cm³/mol. The van der Waals surface area contributed by atoms with Crippen molar-refractivity contribution in [2.24, 2.45) is 5.41 Å². The number of aliphatic hydroxyl groups is 1. The maximum Gasteiger partial charge on any atom is 0.132 e. The van der Waals surface area contributed by atoms with Crippen LogP contribution in [0.4, 0.5) is 5.82 Å². The molecule has 5 nitrogen and oxygen atoms in total. The Morgan fingerprint density at radius 3 is 3.00 bits per heavy atom. The molecule has 2 saturated heterocycles. The zero-order chi connectivity index (χ0) is 14.2. The third-order valence-corrected chi connectivity index (χ3v) is 5.10. The number of aromatic nitrogens is 2. The van der Waals surface area contributed by atoms with Crippen LogP contribution in [0.3, 0.4) is 0 Å². The van der Waals surface area contributed by atoms with E-state index in [-0.39, 0.29) is 5.41 Å². The topological polar surface area (TPSA) is 52.5 Å². The summed E-state index contributed by atoms with van der Waals surface area (Å²) in [6.45, 7) is 5.29. The number of hydrogen-bond donors (Lipinski definition) is 1. The van der Waals surface area contributed by atoms with E-state index in [1.54, 1.807) is 0 Å². The van der Waals surface area contributed by atoms with Crippen molar-refractivity contribution in [3.8, 4) is 0 Å². The Morgan fingerprint density at radius 2 is 2.25 bits per heavy atom. The molecule has 1 aromatic heterocycles. The molecule has 0 saturated carbocycles. The normalized spacial score (nSPS) is 31.1. The minimum absolute atomic E-state index is 0.0889. The van der Waals surface area contributed by atoms with E-state index in [0.29, 0.717) is 12.6 Å². The lowest BCUT2D eigenvalue weighted by atomic mass is 9.69. The van der Waals surface area contributed by atoms with Crippen LogP contribution >= 0.6 is 0 Å². The number of fused-ring (bicyclic) bond motifs is 1. The molecule has 0 bridgehead atoms. The third kappa shape index (κ3) is 2.29. The van der Waals surface area contributed by atoms with Gasteiger partial charge in [-0.25, -0.2) is 9.97 Å². The van der Waals surface area contributed by atoms with Crippen molar-refractivity contribution in [2.75, 3.05) is 38.2 Å². The lowest BCUT2D eigenvalue weighted by Crippen LogP contribution is -2.61. The SMILES string of the molecule is Cc1nccc(N2CC[C@@]3(CO)CCCN(C)[C@@H]3C2)n1. The van der Waals surface area contributed by atoms with Crippen LogP contribution in [-0.4, -0.2) is 59.3 Å². The maximum absolute atomic E-state index is 9.92. The van der Waals surface area contributed by atoms with E-state index >= 15 is 0 Å². The van der Waals surface area contributed by atoms with Crippen LogP contribution < -0.4 is 4.90 Å². The van der Waals surface area contributed by atoms with Gasteiger partial charge < -0.3 is 14.9 Å². The van der Waals surface area contributed by atoms with E-state index in [1.165, 1.54) is 6.42 Å². The largest absolute Gasteiger partial charge is 0.396 e. The van der Waals surface area contributed by atoms with Crippen LogP contribution in [0.1, 0.15) is 25.1 Å². The summed E-state index contributed by atoms with van der Waals surface area (Å²) >= 11 is 0. The van der Waals surface area contributed by atoms with Crippen molar-refractivity contribution < 1.29 is 5.11 Å². The second-order valence-corrected chi connectivity index (χ2v) is 6.28. The van der Waals surface area contributed by atoms with Gasteiger partial charge in [-0.2, -0.15) is 0 Å². The van der Waals surface area contributed by atoms with Gasteiger partial charge >= 0.3 is 0 Å². The number of likely N-dealkylation sites (tertiary alicyclic amines) is 1. The van der Waals surface area contributed by atoms with Crippen molar-refractivity contribution in [3.63, 3.8) is 0 Å². The Labute approximate surface area is 120 Å². The summed E-state index contributed by atoms with van der Waals surface area (Å²) in [6.07, 6.45) is 5.22. The molecule has 3 heterocycles. The first kappa shape index (κ1) is 13.8. The fraction of sp³-hybridized carbons (Fsp3) is 0.733. The van der Waals surface area contributed by atoms with Gasteiger partial charge in [0.15, 0.2) is 0 Å². The van der Waals surface area contributed by atoms with Crippen LogP contribution in [0.25, 0.3) is 0 Å². The molecule has 2 atom stereocenters. The fourth-order valence-electron chi connectivity index (χ4n) is 3.84. The highest BCUT2D eigenvalue weighted by Crippen LogP contribution is 2.42. The summed E-state index contributed by atoms with van der Waals surface area (Å²) in [5, 5.41) is 9.92. The third-order valence-electron chi connectivity index (χ3n) is 5.10. The van der Waals surface area contributed by atoms with Crippen LogP contribution in [-0.2, 0) is 0 Å². The molecule has 2 aliphatic heterocycles. The predicted octanol–water partition coefficient (Wildman–Crippen LogP) is 1.07. The van der Waals surface area contributed by atoms with Gasteiger partial charge in [-0.05, 0) is 45.8 Å². The molecule has 0 aliphatic carbocycles. The fourth-order valence-corrected chi connectivity index (χ4v) is 3.84. The van der Waals surface area contributed by atoms with E-state index in [4.69, 9.17) is 0 Å². The van der Waals surface area contributed by atoms with Crippen LogP contribution in [0.15, 0.2) is 12.3 Å². The van der Waals surface area contributed by atoms with Gasteiger partial charge in [-0.15, -0.1) is 0 Å². The minimum atomic E-state index is 0.0889. The Hall–Kier alpha value is -1.20. The summed E-state index contributed by atoms with van der Waals surface area (Å²) in [5.74, 6) is 1.83. The van der Waals surface area contributed by atoms with Gasteiger partial charge in [0.25, 0.3) is 0 Å². The van der Waals surface area contributed by atoms with Crippen molar-refractivity contribution in [1.29, 1.82) is 0 Å². The first-order chi connectivity index (χ1) is 9.64. The molecule has 5 heteroatoms. The molecule has 110 valence electrons. The molecule has 1 N–H and O–H groups in total. The number of likely N-dealkylation sites (N-methyl/N-ethyl adjacent to an activating group) is 1. The first-order valence-electron chi connectivity index (χ1n) is 7.50. The molecular formula is C15H24N4O. The smallest absolute Gasteiger partial charge is 0.132 e. The standard InChI is InChI=1S/C15H24N4O/c1-12-16-7-4-14(17-12)19-9-6-15(11-20)5-3-8-18(2)13(15)10-19/h4,7,13,20H,3,5-6,8-11H2,1-2H3/t13-,15-/m1/s1. The zero-order valence-electron chi connectivity index (χ0n) is 12.4. The highest BCUT2D eigenvalue weighted by atomic mass is 16.3. The Bertz CT molecular complexity index is 481. The van der Waals surface area contributed by atoms with Gasteiger partial charge in [-0.1, -0.05) is 0 Å². The van der Waals surface area contributed by atoms with Crippen molar-refractivity contribution >= 4 is 5.82 Å². The lowest BCUT2D eigenvalue weighted by molar-refractivity contribution is -0.0277. The molecule has 0 unspecified atom stereocenters. The molecular weight excluding hydrogens is 252 g/mol. The molecule has 3 rings (SSSR count). The number of anilines is 1. The van der Waals surface area contributed by atoms with Crippen LogP contribution in [0, 0.1) is 12.3 Å². The van der Waals surface area contributed by atoms with E-state index < -0.39 is 0 Å². The number of aryl methyl sites for hydroxylation is 1. The molecule has 20 heavy (non-hydrogen) atoms. The van der Waals surface area contributed by atoms with E-state index in [0.717, 1.165) is 44.1 Å². The number of aliphatic hydroxyl groups excluding tert-OH is 1. The van der Waals surface area contributed by atoms with Crippen LogP contribution in [0.5, 0.6) is 0 Å². The molecule has 2 aliphatic rings. The van der Waals surface area contributed by atoms with Crippen molar-refractivity contribution in [3.05, 3.63) is 18.1 Å². The van der Waals surface area contributed by atoms with Crippen molar-refractivity contribution in [2.45, 2.75) is 32.2 Å². The Morgan fingerprint density at radius 1 is 1.40 bits per heavy atom. The second-order valence-electron chi connectivity index (χ2n) is 6.28. The molecule has 1 aromatic rings. The second kappa shape index (κ2) is 5.30. The molecule has 2 fully saturated rings. The Balaban J connectivity index is 1.83. The zero-order valence-corrected chi connectivity index (χ0v) is 12.4. The summed E-state index contributed by atoms with van der Waals surface area (Å²) in [6, 6.07) is 2.41. The number of nitrogens with zero attached hydrogens (tertiary/aromatic N) is 4. The molecule has 0 amide bonds. The summed E-state index contributed by atoms with van der Waals surface area (Å²) < 4.78 is 0. The van der Waals surface area contributed by atoms with Gasteiger partial charge in [0, 0.05) is 30.7 Å². The summed E-state index contributed by atoms with van der Waals surface area (Å²) in [5.41, 5.74) is 0.0889. The summed E-state index contributed by atoms with van der Waals surface area (Å²) in [7, 11) is 2.18. The molecule has 0 radical (unpaired) electrons. The van der Waals surface area contributed by atoms with E-state index in [2.05, 4.69) is 26.8 Å². The van der Waals surface area contributed by atoms with Crippen LogP contribution in [0.2, 0.25) is 0 Å². The van der Waals surface area contributed by atoms with Gasteiger partial charge in [-0.3, -0.25) is 0 Å². The average molecular weight is 276 g/mol. The molecule has 0 aromatic carbocycles. The quantitative estimate of drug-likeness (QED) is 0.875. The van der Waals surface area contributed by atoms with E-state index in [9.17, 15) is 5.11 Å². The highest BCUT2D eigenvalue weighted by molar-refractivity contribution is 5.39. The van der Waals surface area contributed by atoms with Gasteiger partial charge in [0.1, 0.15) is 11.6 Å². The monoisotopic (exact) mass is 276 g/mol. The van der Waals surface area contributed by atoms with Gasteiger partial charge in [0.2, 0.25) is 0 Å². The highest BCUT2D eigenvalue weighted by Gasteiger charge is 2.46. The average Bonchev–Trinajstić information content (AvgIpc) is 2.47. The number of rotatable bonds is 2. The van der Waals surface area contributed by atoms with Gasteiger partial charge in [0.05, 0.1) is 6.61 Å². The lowest BCUT2D eigenvalue weighted by Gasteiger charge is -2.53. The number of hydrogen-bond acceptors (Lipinski definition) is 5.